The lowest BCUT2D eigenvalue weighted by Crippen LogP contribution is -2.48. The van der Waals surface area contributed by atoms with Crippen LogP contribution in [0.4, 0.5) is 8.78 Å². The van der Waals surface area contributed by atoms with Crippen LogP contribution in [0.5, 0.6) is 0 Å². The Bertz CT molecular complexity index is 204. The summed E-state index contributed by atoms with van der Waals surface area (Å²) in [6, 6.07) is 0.190. The molecule has 82 valence electrons. The summed E-state index contributed by atoms with van der Waals surface area (Å²) in [5.74, 6) is -2.50. The number of piperidine rings is 1. The van der Waals surface area contributed by atoms with Gasteiger partial charge in [0.2, 0.25) is 0 Å². The van der Waals surface area contributed by atoms with E-state index < -0.39 is 5.92 Å². The van der Waals surface area contributed by atoms with Crippen molar-refractivity contribution >= 4 is 0 Å². The summed E-state index contributed by atoms with van der Waals surface area (Å²) in [5, 5.41) is 0. The number of nitrogens with zero attached hydrogens (tertiary/aromatic N) is 1. The van der Waals surface area contributed by atoms with Crippen molar-refractivity contribution in [1.82, 2.24) is 4.90 Å². The average Bonchev–Trinajstić information content (AvgIpc) is 2.85. The lowest BCUT2D eigenvalue weighted by Gasteiger charge is -2.36. The Morgan fingerprint density at radius 2 is 2.07 bits per heavy atom. The van der Waals surface area contributed by atoms with Crippen molar-refractivity contribution < 1.29 is 13.5 Å². The Balaban J connectivity index is 1.76. The first-order valence-corrected chi connectivity index (χ1v) is 5.26. The molecule has 4 heteroatoms. The van der Waals surface area contributed by atoms with E-state index in [0.717, 1.165) is 12.8 Å². The minimum absolute atomic E-state index is 0.00995. The SMILES string of the molecule is CN1CC(F)(F)CCC1COC1CC1. The first kappa shape index (κ1) is 10.3. The van der Waals surface area contributed by atoms with Gasteiger partial charge in [0.15, 0.2) is 0 Å². The molecule has 1 saturated heterocycles. The van der Waals surface area contributed by atoms with Crippen LogP contribution in [0.25, 0.3) is 0 Å². The normalized spacial score (nSPS) is 33.2. The van der Waals surface area contributed by atoms with Gasteiger partial charge in [-0.25, -0.2) is 8.78 Å². The minimum atomic E-state index is -2.50. The highest BCUT2D eigenvalue weighted by Crippen LogP contribution is 2.30. The second kappa shape index (κ2) is 3.74. The van der Waals surface area contributed by atoms with Crippen LogP contribution in [0.2, 0.25) is 0 Å². The van der Waals surface area contributed by atoms with Crippen LogP contribution in [-0.4, -0.2) is 43.2 Å². The Morgan fingerprint density at radius 1 is 1.36 bits per heavy atom. The molecule has 1 aliphatic carbocycles. The van der Waals surface area contributed by atoms with Crippen molar-refractivity contribution in [3.05, 3.63) is 0 Å². The molecule has 1 unspecified atom stereocenters. The summed E-state index contributed by atoms with van der Waals surface area (Å²) in [6.45, 7) is 0.503. The highest BCUT2D eigenvalue weighted by atomic mass is 19.3. The van der Waals surface area contributed by atoms with Crippen LogP contribution in [0, 0.1) is 0 Å². The van der Waals surface area contributed by atoms with Crippen LogP contribution in [-0.2, 0) is 4.74 Å². The highest BCUT2D eigenvalue weighted by Gasteiger charge is 2.38. The van der Waals surface area contributed by atoms with Gasteiger partial charge in [0.05, 0.1) is 19.3 Å². The third-order valence-corrected chi connectivity index (χ3v) is 3.00. The number of hydrogen-bond acceptors (Lipinski definition) is 2. The van der Waals surface area contributed by atoms with Crippen molar-refractivity contribution in [1.29, 1.82) is 0 Å². The third kappa shape index (κ3) is 2.64. The molecule has 2 aliphatic rings. The van der Waals surface area contributed by atoms with Gasteiger partial charge in [-0.15, -0.1) is 0 Å². The largest absolute Gasteiger partial charge is 0.377 e. The predicted octanol–water partition coefficient (Wildman–Crippen LogP) is 1.89. The molecule has 0 amide bonds. The molecule has 1 aliphatic heterocycles. The predicted molar refractivity (Wildman–Crippen MR) is 49.6 cm³/mol. The van der Waals surface area contributed by atoms with Crippen molar-refractivity contribution in [3.8, 4) is 0 Å². The standard InChI is InChI=1S/C10H17F2NO/c1-13-7-10(11,12)5-4-8(13)6-14-9-2-3-9/h8-9H,2-7H2,1H3. The van der Waals surface area contributed by atoms with Gasteiger partial charge in [-0.05, 0) is 26.3 Å². The van der Waals surface area contributed by atoms with Crippen LogP contribution < -0.4 is 0 Å². The van der Waals surface area contributed by atoms with E-state index in [1.165, 1.54) is 0 Å². The maximum Gasteiger partial charge on any atom is 0.260 e. The molecule has 0 N–H and O–H groups in total. The van der Waals surface area contributed by atoms with E-state index in [1.54, 1.807) is 11.9 Å². The topological polar surface area (TPSA) is 12.5 Å². The molecule has 0 radical (unpaired) electrons. The van der Waals surface area contributed by atoms with E-state index in [0.29, 0.717) is 19.1 Å². The molecular formula is C10H17F2NO. The van der Waals surface area contributed by atoms with Crippen LogP contribution in [0.3, 0.4) is 0 Å². The summed E-state index contributed by atoms with van der Waals surface area (Å²) in [4.78, 5) is 1.73. The summed E-state index contributed by atoms with van der Waals surface area (Å²) in [6.07, 6.45) is 3.27. The third-order valence-electron chi connectivity index (χ3n) is 3.00. The fourth-order valence-electron chi connectivity index (χ4n) is 1.86. The molecule has 0 spiro atoms. The monoisotopic (exact) mass is 205 g/mol. The minimum Gasteiger partial charge on any atom is -0.377 e. The van der Waals surface area contributed by atoms with Crippen LogP contribution in [0.1, 0.15) is 25.7 Å². The maximum atomic E-state index is 13.0. The summed E-state index contributed by atoms with van der Waals surface area (Å²) in [5.41, 5.74) is 0. The number of likely N-dealkylation sites (tertiary alicyclic amines) is 1. The highest BCUT2D eigenvalue weighted by molar-refractivity contribution is 4.85. The lowest BCUT2D eigenvalue weighted by molar-refractivity contribution is -0.0878. The summed E-state index contributed by atoms with van der Waals surface area (Å²) < 4.78 is 31.5. The Labute approximate surface area is 83.2 Å². The fraction of sp³-hybridized carbons (Fsp3) is 1.00. The molecule has 1 saturated carbocycles. The quantitative estimate of drug-likeness (QED) is 0.697. The number of rotatable bonds is 3. The molecule has 2 rings (SSSR count). The molecular weight excluding hydrogens is 188 g/mol. The number of halogens is 2. The van der Waals surface area contributed by atoms with E-state index in [9.17, 15) is 8.78 Å². The number of likely N-dealkylation sites (N-methyl/N-ethyl adjacent to an activating group) is 1. The zero-order valence-corrected chi connectivity index (χ0v) is 8.51. The van der Waals surface area contributed by atoms with Gasteiger partial charge >= 0.3 is 0 Å². The van der Waals surface area contributed by atoms with E-state index in [4.69, 9.17) is 4.74 Å². The second-order valence-corrected chi connectivity index (χ2v) is 4.50. The summed E-state index contributed by atoms with van der Waals surface area (Å²) >= 11 is 0. The van der Waals surface area contributed by atoms with Gasteiger partial charge in [0.1, 0.15) is 0 Å². The first-order valence-electron chi connectivity index (χ1n) is 5.26. The molecule has 1 atom stereocenters. The van der Waals surface area contributed by atoms with Gasteiger partial charge in [-0.3, -0.25) is 4.90 Å². The van der Waals surface area contributed by atoms with E-state index in [1.807, 2.05) is 0 Å². The van der Waals surface area contributed by atoms with Gasteiger partial charge in [-0.2, -0.15) is 0 Å². The zero-order valence-electron chi connectivity index (χ0n) is 8.51. The molecule has 2 fully saturated rings. The molecule has 2 nitrogen and oxygen atoms in total. The van der Waals surface area contributed by atoms with Gasteiger partial charge in [-0.1, -0.05) is 0 Å². The first-order chi connectivity index (χ1) is 6.57. The van der Waals surface area contributed by atoms with E-state index in [2.05, 4.69) is 0 Å². The lowest BCUT2D eigenvalue weighted by atomic mass is 10.0. The van der Waals surface area contributed by atoms with E-state index in [-0.39, 0.29) is 19.0 Å². The molecule has 0 bridgehead atoms. The van der Waals surface area contributed by atoms with Gasteiger partial charge < -0.3 is 4.74 Å². The van der Waals surface area contributed by atoms with Crippen molar-refractivity contribution in [2.24, 2.45) is 0 Å². The molecule has 0 aromatic rings. The van der Waals surface area contributed by atoms with Crippen LogP contribution >= 0.6 is 0 Å². The second-order valence-electron chi connectivity index (χ2n) is 4.50. The van der Waals surface area contributed by atoms with Gasteiger partial charge in [0, 0.05) is 12.5 Å². The van der Waals surface area contributed by atoms with E-state index >= 15 is 0 Å². The fourth-order valence-corrected chi connectivity index (χ4v) is 1.86. The zero-order chi connectivity index (χ0) is 10.2. The Morgan fingerprint density at radius 3 is 2.64 bits per heavy atom. The van der Waals surface area contributed by atoms with Crippen molar-refractivity contribution in [2.75, 3.05) is 20.2 Å². The van der Waals surface area contributed by atoms with Crippen LogP contribution in [0.15, 0.2) is 0 Å². The smallest absolute Gasteiger partial charge is 0.260 e. The summed E-state index contributed by atoms with van der Waals surface area (Å²) in [7, 11) is 1.76. The molecule has 14 heavy (non-hydrogen) atoms. The molecule has 0 aromatic carbocycles. The number of alkyl halides is 2. The van der Waals surface area contributed by atoms with Crippen molar-refractivity contribution in [3.63, 3.8) is 0 Å². The molecule has 1 heterocycles. The Kier molecular flexibility index (Phi) is 2.75. The van der Waals surface area contributed by atoms with Crippen molar-refractivity contribution in [2.45, 2.75) is 43.8 Å². The maximum absolute atomic E-state index is 13.0. The van der Waals surface area contributed by atoms with Gasteiger partial charge in [0.25, 0.3) is 5.92 Å². The number of ether oxygens (including phenoxy) is 1. The number of hydrogen-bond donors (Lipinski definition) is 0. The Hall–Kier alpha value is -0.220. The average molecular weight is 205 g/mol. The molecule has 0 aromatic heterocycles.